The van der Waals surface area contributed by atoms with Gasteiger partial charge in [0.05, 0.1) is 7.11 Å². The maximum atomic E-state index is 14.9. The first-order chi connectivity index (χ1) is 24.0. The molecule has 5 rings (SSSR count). The Balaban J connectivity index is 0.00000605. The number of methoxy groups -OCH3 is 1. The van der Waals surface area contributed by atoms with E-state index in [1.165, 1.54) is 37.4 Å². The van der Waals surface area contributed by atoms with Crippen LogP contribution in [0.25, 0.3) is 0 Å². The van der Waals surface area contributed by atoms with Crippen molar-refractivity contribution in [3.05, 3.63) is 131 Å². The van der Waals surface area contributed by atoms with Gasteiger partial charge >= 0.3 is 61.9 Å². The van der Waals surface area contributed by atoms with Crippen molar-refractivity contribution in [2.75, 3.05) is 7.11 Å². The van der Waals surface area contributed by atoms with E-state index in [2.05, 4.69) is 0 Å². The van der Waals surface area contributed by atoms with Gasteiger partial charge in [-0.25, -0.2) is 17.2 Å². The summed E-state index contributed by atoms with van der Waals surface area (Å²) in [6.45, 7) is 1.89. The van der Waals surface area contributed by atoms with Gasteiger partial charge in [0.25, 0.3) is 0 Å². The molecular weight excluding hydrogens is 782 g/mol. The number of rotatable bonds is 13. The van der Waals surface area contributed by atoms with Crippen LogP contribution in [0.5, 0.6) is 28.7 Å². The third kappa shape index (κ3) is 10.1. The predicted molar refractivity (Wildman–Crippen MR) is 177 cm³/mol. The molecule has 0 atom stereocenters. The normalized spacial score (nSPS) is 11.8. The Morgan fingerprint density at radius 1 is 0.654 bits per heavy atom. The van der Waals surface area contributed by atoms with E-state index >= 15 is 0 Å². The number of ketones is 1. The van der Waals surface area contributed by atoms with Gasteiger partial charge in [-0.1, -0.05) is 29.8 Å². The number of carbonyl (C=O) groups is 1. The van der Waals surface area contributed by atoms with Gasteiger partial charge in [0, 0.05) is 39.1 Å². The number of benzene rings is 5. The summed E-state index contributed by atoms with van der Waals surface area (Å²) >= 11 is -1.58. The van der Waals surface area contributed by atoms with Crippen LogP contribution >= 0.6 is 23.5 Å². The quantitative estimate of drug-likeness (QED) is 0.0407. The van der Waals surface area contributed by atoms with E-state index in [0.717, 1.165) is 42.0 Å². The second-order valence-corrected chi connectivity index (χ2v) is 14.3. The third-order valence-corrected chi connectivity index (χ3v) is 10.1. The Morgan fingerprint density at radius 2 is 1.10 bits per heavy atom. The van der Waals surface area contributed by atoms with E-state index in [9.17, 15) is 44.1 Å². The van der Waals surface area contributed by atoms with Crippen molar-refractivity contribution in [2.45, 2.75) is 32.1 Å². The monoisotopic (exact) mass is 804 g/mol. The average Bonchev–Trinajstić information content (AvgIpc) is 3.07. The Kier molecular flexibility index (Phi) is 13.6. The van der Waals surface area contributed by atoms with Crippen molar-refractivity contribution in [1.82, 2.24) is 0 Å². The number of aryl methyl sites for hydroxylation is 1. The Hall–Kier alpha value is -3.00. The molecule has 0 bridgehead atoms. The molecule has 5 aromatic carbocycles. The molecule has 0 fully saturated rings. The minimum atomic E-state index is -5.23. The number of ether oxygens (including phenoxy) is 3. The zero-order valence-electron chi connectivity index (χ0n) is 27.2. The van der Waals surface area contributed by atoms with E-state index < -0.39 is 82.0 Å². The van der Waals surface area contributed by atoms with Crippen molar-refractivity contribution < 1.29 is 110 Å². The van der Waals surface area contributed by atoms with Crippen LogP contribution in [0.4, 0.5) is 26.3 Å². The van der Waals surface area contributed by atoms with Gasteiger partial charge < -0.3 is 18.8 Å². The van der Waals surface area contributed by atoms with Gasteiger partial charge in [-0.3, -0.25) is 4.79 Å². The summed E-state index contributed by atoms with van der Waals surface area (Å²) in [5.41, 5.74) is 1.82. The number of thioether (sulfide) groups is 2. The van der Waals surface area contributed by atoms with Gasteiger partial charge in [0.15, 0.2) is 5.78 Å². The molecule has 0 spiro atoms. The molecule has 7 nitrogen and oxygen atoms in total. The predicted octanol–water partition coefficient (Wildman–Crippen LogP) is 7.08. The largest absolute Gasteiger partial charge is 1.00 e. The van der Waals surface area contributed by atoms with E-state index in [0.29, 0.717) is 23.3 Å². The second-order valence-electron chi connectivity index (χ2n) is 10.6. The molecular formula is C35H23F6KO7S3. The third-order valence-electron chi connectivity index (χ3n) is 6.94. The molecule has 0 aliphatic carbocycles. The summed E-state index contributed by atoms with van der Waals surface area (Å²) in [6.07, 6.45) is 0. The fourth-order valence-electron chi connectivity index (χ4n) is 4.35. The maximum absolute atomic E-state index is 14.9. The first-order valence-electron chi connectivity index (χ1n) is 14.4. The number of alkyl halides is 4. The van der Waals surface area contributed by atoms with Gasteiger partial charge in [-0.05, 0) is 91.1 Å². The number of halogens is 6. The van der Waals surface area contributed by atoms with Crippen LogP contribution < -0.4 is 65.6 Å². The van der Waals surface area contributed by atoms with Crippen LogP contribution in [-0.2, 0) is 10.1 Å². The molecule has 17 heteroatoms. The van der Waals surface area contributed by atoms with Crippen molar-refractivity contribution in [1.29, 1.82) is 0 Å². The summed E-state index contributed by atoms with van der Waals surface area (Å²) in [7, 11) is -4.03. The van der Waals surface area contributed by atoms with Crippen LogP contribution in [0.1, 0.15) is 21.5 Å². The van der Waals surface area contributed by atoms with Crippen molar-refractivity contribution in [2.24, 2.45) is 0 Å². The Bertz CT molecular complexity index is 2190. The molecule has 0 aliphatic heterocycles. The van der Waals surface area contributed by atoms with Gasteiger partial charge in [0.1, 0.15) is 55.4 Å². The van der Waals surface area contributed by atoms with Crippen LogP contribution in [-0.4, -0.2) is 36.4 Å². The molecule has 0 aromatic heterocycles. The minimum absolute atomic E-state index is 0. The molecule has 0 saturated heterocycles. The van der Waals surface area contributed by atoms with Crippen LogP contribution in [0.2, 0.25) is 0 Å². The summed E-state index contributed by atoms with van der Waals surface area (Å²) < 4.78 is 140. The van der Waals surface area contributed by atoms with E-state index in [1.54, 1.807) is 24.3 Å². The smallest absolute Gasteiger partial charge is 0.744 e. The SMILES string of the molecule is COc1ccc(SC(F)(F)C(F)(F)Sc2ccc(Oc3ccc(Oc4ccc(C(=O)c5ccc(C)cc5)cc4)cc3S(=O)(=O)[O-])cc2F)c(F)c1.[K+]. The molecule has 5 aromatic rings. The second kappa shape index (κ2) is 17.0. The zero-order chi connectivity index (χ0) is 37.1. The fourth-order valence-corrected chi connectivity index (χ4v) is 6.60. The first kappa shape index (κ1) is 41.7. The maximum Gasteiger partial charge on any atom is 1.00 e. The average molecular weight is 805 g/mol. The van der Waals surface area contributed by atoms with Gasteiger partial charge in [-0.15, -0.1) is 0 Å². The first-order valence-corrected chi connectivity index (χ1v) is 17.4. The summed E-state index contributed by atoms with van der Waals surface area (Å²) in [4.78, 5) is 10.1. The molecule has 0 N–H and O–H groups in total. The molecule has 266 valence electrons. The van der Waals surface area contributed by atoms with Gasteiger partial charge in [-0.2, -0.15) is 17.6 Å². The summed E-state index contributed by atoms with van der Waals surface area (Å²) in [5, 5.41) is -9.85. The van der Waals surface area contributed by atoms with E-state index in [-0.39, 0.29) is 74.4 Å². The standard InChI is InChI=1S/C35H24F6O7S3.K/c1-20-3-5-21(6-4-20)33(42)22-7-9-23(10-8-22)47-26-11-14-29(32(19-26)51(43,44)45)48-25-13-16-31(28(37)18-25)50-35(40,41)34(38,39)49-30-15-12-24(46-2)17-27(30)36;/h3-19H,1-2H3,(H,43,44,45);/q;+1/p-1. The molecule has 52 heavy (non-hydrogen) atoms. The van der Waals surface area contributed by atoms with Gasteiger partial charge in [0.2, 0.25) is 0 Å². The minimum Gasteiger partial charge on any atom is -0.744 e. The Labute approximate surface area is 345 Å². The fraction of sp³-hybridized carbons (Fsp3) is 0.114. The van der Waals surface area contributed by atoms with Crippen molar-refractivity contribution in [3.63, 3.8) is 0 Å². The van der Waals surface area contributed by atoms with Crippen molar-refractivity contribution in [3.8, 4) is 28.7 Å². The van der Waals surface area contributed by atoms with Crippen molar-refractivity contribution >= 4 is 39.4 Å². The number of carbonyl (C=O) groups excluding carboxylic acids is 1. The number of hydrogen-bond donors (Lipinski definition) is 0. The molecule has 0 unspecified atom stereocenters. The zero-order valence-corrected chi connectivity index (χ0v) is 32.7. The van der Waals surface area contributed by atoms with E-state index in [4.69, 9.17) is 14.2 Å². The molecule has 0 aliphatic rings. The van der Waals surface area contributed by atoms with E-state index in [1.807, 2.05) is 6.92 Å². The van der Waals surface area contributed by atoms with Crippen LogP contribution in [0, 0.1) is 18.6 Å². The van der Waals surface area contributed by atoms with Crippen LogP contribution in [0.15, 0.2) is 118 Å². The summed E-state index contributed by atoms with van der Waals surface area (Å²) in [5.74, 6) is -3.91. The molecule has 0 radical (unpaired) electrons. The van der Waals surface area contributed by atoms with Crippen LogP contribution in [0.3, 0.4) is 0 Å². The molecule has 0 heterocycles. The molecule has 0 saturated carbocycles. The topological polar surface area (TPSA) is 102 Å². The summed E-state index contributed by atoms with van der Waals surface area (Å²) in [6, 6.07) is 20.7. The number of hydrogen-bond acceptors (Lipinski definition) is 9. The molecule has 0 amide bonds. The Morgan fingerprint density at radius 3 is 1.60 bits per heavy atom.